The van der Waals surface area contributed by atoms with E-state index in [-0.39, 0.29) is 12.4 Å². The van der Waals surface area contributed by atoms with E-state index in [9.17, 15) is 0 Å². The van der Waals surface area contributed by atoms with Crippen LogP contribution in [-0.4, -0.2) is 44.4 Å². The average Bonchev–Trinajstić information content (AvgIpc) is 2.32. The van der Waals surface area contributed by atoms with E-state index in [0.29, 0.717) is 0 Å². The van der Waals surface area contributed by atoms with E-state index in [0.717, 1.165) is 45.2 Å². The van der Waals surface area contributed by atoms with Crippen LogP contribution >= 0.6 is 12.4 Å². The lowest BCUT2D eigenvalue weighted by atomic mass is 10.3. The summed E-state index contributed by atoms with van der Waals surface area (Å²) in [7, 11) is 0. The van der Waals surface area contributed by atoms with Crippen molar-refractivity contribution in [1.29, 1.82) is 0 Å². The van der Waals surface area contributed by atoms with E-state index in [1.54, 1.807) is 0 Å². The third-order valence-electron chi connectivity index (χ3n) is 2.52. The van der Waals surface area contributed by atoms with Crippen LogP contribution in [0.5, 0.6) is 5.75 Å². The van der Waals surface area contributed by atoms with Crippen molar-refractivity contribution < 1.29 is 9.47 Å². The van der Waals surface area contributed by atoms with Crippen LogP contribution in [0.15, 0.2) is 30.3 Å². The molecule has 0 radical (unpaired) electrons. The molecule has 1 aromatic carbocycles. The molecule has 1 aromatic rings. The third kappa shape index (κ3) is 4.39. The van der Waals surface area contributed by atoms with Crippen LogP contribution < -0.4 is 4.74 Å². The third-order valence-corrected chi connectivity index (χ3v) is 2.52. The van der Waals surface area contributed by atoms with Crippen molar-refractivity contribution in [3.05, 3.63) is 30.3 Å². The summed E-state index contributed by atoms with van der Waals surface area (Å²) in [5.74, 6) is 0.950. The number of ether oxygens (including phenoxy) is 2. The molecular formula is C12H18ClNO2. The van der Waals surface area contributed by atoms with Crippen molar-refractivity contribution in [2.75, 3.05) is 39.5 Å². The Kier molecular flexibility index (Phi) is 6.23. The minimum atomic E-state index is 0. The zero-order valence-corrected chi connectivity index (χ0v) is 10.1. The van der Waals surface area contributed by atoms with Gasteiger partial charge in [0, 0.05) is 19.6 Å². The van der Waals surface area contributed by atoms with Crippen LogP contribution in [0, 0.1) is 0 Å². The second kappa shape index (κ2) is 7.49. The molecule has 0 atom stereocenters. The molecular weight excluding hydrogens is 226 g/mol. The second-order valence-electron chi connectivity index (χ2n) is 3.62. The Balaban J connectivity index is 0.00000128. The number of benzene rings is 1. The highest BCUT2D eigenvalue weighted by Crippen LogP contribution is 2.08. The Morgan fingerprint density at radius 1 is 1.12 bits per heavy atom. The molecule has 2 rings (SSSR count). The fourth-order valence-corrected chi connectivity index (χ4v) is 1.63. The molecule has 0 N–H and O–H groups in total. The van der Waals surface area contributed by atoms with Gasteiger partial charge in [0.05, 0.1) is 13.2 Å². The Hall–Kier alpha value is -0.770. The highest BCUT2D eigenvalue weighted by molar-refractivity contribution is 5.85. The molecule has 90 valence electrons. The van der Waals surface area contributed by atoms with Crippen molar-refractivity contribution in [3.63, 3.8) is 0 Å². The molecule has 0 saturated carbocycles. The maximum atomic E-state index is 5.63. The summed E-state index contributed by atoms with van der Waals surface area (Å²) < 4.78 is 10.9. The van der Waals surface area contributed by atoms with Gasteiger partial charge in [0.25, 0.3) is 0 Å². The van der Waals surface area contributed by atoms with Gasteiger partial charge in [-0.15, -0.1) is 12.4 Å². The molecule has 0 aromatic heterocycles. The minimum absolute atomic E-state index is 0. The van der Waals surface area contributed by atoms with Crippen LogP contribution in [0.25, 0.3) is 0 Å². The quantitative estimate of drug-likeness (QED) is 0.805. The summed E-state index contributed by atoms with van der Waals surface area (Å²) in [5.41, 5.74) is 0. The Labute approximate surface area is 103 Å². The molecule has 1 fully saturated rings. The lowest BCUT2D eigenvalue weighted by Crippen LogP contribution is -2.38. The first-order chi connectivity index (χ1) is 7.45. The summed E-state index contributed by atoms with van der Waals surface area (Å²) in [4.78, 5) is 2.37. The normalized spacial score (nSPS) is 16.5. The predicted molar refractivity (Wildman–Crippen MR) is 66.4 cm³/mol. The Morgan fingerprint density at radius 3 is 2.50 bits per heavy atom. The van der Waals surface area contributed by atoms with E-state index in [4.69, 9.17) is 9.47 Å². The number of hydrogen-bond donors (Lipinski definition) is 0. The molecule has 1 aliphatic heterocycles. The van der Waals surface area contributed by atoms with Gasteiger partial charge in [0.2, 0.25) is 0 Å². The zero-order valence-electron chi connectivity index (χ0n) is 9.30. The first-order valence-corrected chi connectivity index (χ1v) is 5.43. The summed E-state index contributed by atoms with van der Waals surface area (Å²) in [6.45, 7) is 5.50. The van der Waals surface area contributed by atoms with E-state index in [2.05, 4.69) is 4.90 Å². The molecule has 3 nitrogen and oxygen atoms in total. The van der Waals surface area contributed by atoms with Gasteiger partial charge in [-0.1, -0.05) is 18.2 Å². The van der Waals surface area contributed by atoms with Crippen molar-refractivity contribution in [2.45, 2.75) is 0 Å². The first kappa shape index (κ1) is 13.3. The summed E-state index contributed by atoms with van der Waals surface area (Å²) >= 11 is 0. The largest absolute Gasteiger partial charge is 0.492 e. The number of halogens is 1. The zero-order chi connectivity index (χ0) is 10.3. The molecule has 16 heavy (non-hydrogen) atoms. The van der Waals surface area contributed by atoms with Gasteiger partial charge in [0.1, 0.15) is 12.4 Å². The number of morpholine rings is 1. The summed E-state index contributed by atoms with van der Waals surface area (Å²) in [6.07, 6.45) is 0. The van der Waals surface area contributed by atoms with Crippen LogP contribution in [0.3, 0.4) is 0 Å². The topological polar surface area (TPSA) is 21.7 Å². The predicted octanol–water partition coefficient (Wildman–Crippen LogP) is 1.82. The molecule has 0 aliphatic carbocycles. The maximum Gasteiger partial charge on any atom is 0.119 e. The first-order valence-electron chi connectivity index (χ1n) is 5.43. The molecule has 1 aliphatic rings. The standard InChI is InChI=1S/C12H17NO2.ClH/c1-2-4-12(5-3-1)15-11-8-13-6-9-14-10-7-13;/h1-5H,6-11H2;1H. The Morgan fingerprint density at radius 2 is 1.81 bits per heavy atom. The minimum Gasteiger partial charge on any atom is -0.492 e. The summed E-state index contributed by atoms with van der Waals surface area (Å²) in [5, 5.41) is 0. The van der Waals surface area contributed by atoms with Gasteiger partial charge in [-0.25, -0.2) is 0 Å². The SMILES string of the molecule is Cl.c1ccc(OCCN2CCOCC2)cc1. The fraction of sp³-hybridized carbons (Fsp3) is 0.500. The molecule has 0 spiro atoms. The van der Waals surface area contributed by atoms with Crippen LogP contribution in [0.2, 0.25) is 0 Å². The number of rotatable bonds is 4. The molecule has 0 bridgehead atoms. The smallest absolute Gasteiger partial charge is 0.119 e. The van der Waals surface area contributed by atoms with E-state index in [1.807, 2.05) is 30.3 Å². The number of para-hydroxylation sites is 1. The number of nitrogens with zero attached hydrogens (tertiary/aromatic N) is 1. The van der Waals surface area contributed by atoms with Crippen LogP contribution in [-0.2, 0) is 4.74 Å². The lowest BCUT2D eigenvalue weighted by molar-refractivity contribution is 0.0322. The maximum absolute atomic E-state index is 5.63. The molecule has 4 heteroatoms. The van der Waals surface area contributed by atoms with Gasteiger partial charge in [-0.3, -0.25) is 4.90 Å². The second-order valence-corrected chi connectivity index (χ2v) is 3.62. The van der Waals surface area contributed by atoms with Gasteiger partial charge in [0.15, 0.2) is 0 Å². The van der Waals surface area contributed by atoms with Crippen LogP contribution in [0.1, 0.15) is 0 Å². The van der Waals surface area contributed by atoms with Crippen molar-refractivity contribution in [1.82, 2.24) is 4.90 Å². The van der Waals surface area contributed by atoms with Crippen molar-refractivity contribution in [2.24, 2.45) is 0 Å². The highest BCUT2D eigenvalue weighted by Gasteiger charge is 2.09. The average molecular weight is 244 g/mol. The molecule has 1 saturated heterocycles. The van der Waals surface area contributed by atoms with Gasteiger partial charge < -0.3 is 9.47 Å². The highest BCUT2D eigenvalue weighted by atomic mass is 35.5. The van der Waals surface area contributed by atoms with Gasteiger partial charge >= 0.3 is 0 Å². The monoisotopic (exact) mass is 243 g/mol. The van der Waals surface area contributed by atoms with E-state index < -0.39 is 0 Å². The van der Waals surface area contributed by atoms with Gasteiger partial charge in [-0.2, -0.15) is 0 Å². The Bertz CT molecular complexity index is 276. The molecule has 0 amide bonds. The van der Waals surface area contributed by atoms with Crippen molar-refractivity contribution in [3.8, 4) is 5.75 Å². The van der Waals surface area contributed by atoms with Gasteiger partial charge in [-0.05, 0) is 12.1 Å². The van der Waals surface area contributed by atoms with E-state index >= 15 is 0 Å². The van der Waals surface area contributed by atoms with Crippen LogP contribution in [0.4, 0.5) is 0 Å². The van der Waals surface area contributed by atoms with E-state index in [1.165, 1.54) is 0 Å². The van der Waals surface area contributed by atoms with Crippen molar-refractivity contribution >= 4 is 12.4 Å². The molecule has 0 unspecified atom stereocenters. The summed E-state index contributed by atoms with van der Waals surface area (Å²) in [6, 6.07) is 9.95. The lowest BCUT2D eigenvalue weighted by Gasteiger charge is -2.26. The number of hydrogen-bond acceptors (Lipinski definition) is 3. The fourth-order valence-electron chi connectivity index (χ4n) is 1.63. The molecule has 1 heterocycles.